The average molecular weight is 519 g/mol. The zero-order valence-corrected chi connectivity index (χ0v) is 21.7. The van der Waals surface area contributed by atoms with Gasteiger partial charge in [-0.3, -0.25) is 4.79 Å². The molecule has 2 aromatic rings. The number of amides is 2. The number of alkyl carbamates (subject to hydrolysis) is 1. The minimum Gasteiger partial charge on any atom is -0.491 e. The molecule has 4 N–H and O–H groups in total. The molecule has 11 heteroatoms. The molecule has 1 heterocycles. The summed E-state index contributed by atoms with van der Waals surface area (Å²) in [7, 11) is 0. The first-order valence-corrected chi connectivity index (χ1v) is 12.4. The van der Waals surface area contributed by atoms with Crippen LogP contribution < -0.4 is 20.7 Å². The third kappa shape index (κ3) is 6.81. The molecule has 36 heavy (non-hydrogen) atoms. The summed E-state index contributed by atoms with van der Waals surface area (Å²) in [6.45, 7) is 9.15. The molecule has 2 aromatic carbocycles. The Kier molecular flexibility index (Phi) is 8.34. The van der Waals surface area contributed by atoms with Gasteiger partial charge >= 0.3 is 6.09 Å². The van der Waals surface area contributed by atoms with Crippen molar-refractivity contribution in [3.63, 3.8) is 0 Å². The Labute approximate surface area is 213 Å². The van der Waals surface area contributed by atoms with Crippen LogP contribution in [0, 0.1) is 5.82 Å². The minimum absolute atomic E-state index is 0.0126. The van der Waals surface area contributed by atoms with Crippen LogP contribution >= 0.6 is 11.8 Å². The highest BCUT2D eigenvalue weighted by Crippen LogP contribution is 2.37. The number of carbonyl (C=O) groups is 2. The number of nitrogens with one attached hydrogen (secondary N) is 1. The molecule has 0 aromatic heterocycles. The quantitative estimate of drug-likeness (QED) is 0.226. The Morgan fingerprint density at radius 1 is 1.31 bits per heavy atom. The molecule has 1 aliphatic rings. The highest BCUT2D eigenvalue weighted by atomic mass is 32.2. The number of nitrogens with zero attached hydrogens (tertiary/aromatic N) is 2. The summed E-state index contributed by atoms with van der Waals surface area (Å²) in [6, 6.07) is 8.93. The summed E-state index contributed by atoms with van der Waals surface area (Å²) in [5.41, 5.74) is 5.94. The van der Waals surface area contributed by atoms with Gasteiger partial charge in [0.15, 0.2) is 5.84 Å². The zero-order valence-electron chi connectivity index (χ0n) is 20.9. The van der Waals surface area contributed by atoms with E-state index in [2.05, 4.69) is 10.5 Å². The summed E-state index contributed by atoms with van der Waals surface area (Å²) < 4.78 is 25.8. The molecule has 1 aliphatic heterocycles. The first-order chi connectivity index (χ1) is 16.9. The number of hydrogen-bond acceptors (Lipinski definition) is 7. The van der Waals surface area contributed by atoms with Gasteiger partial charge in [0.05, 0.1) is 23.9 Å². The van der Waals surface area contributed by atoms with E-state index in [4.69, 9.17) is 20.4 Å². The van der Waals surface area contributed by atoms with Crippen LogP contribution in [0.3, 0.4) is 0 Å². The molecule has 0 spiro atoms. The maximum Gasteiger partial charge on any atom is 0.408 e. The number of oxime groups is 1. The number of hydrogen-bond donors (Lipinski definition) is 3. The SMILES string of the molecule is CC(C)Oc1ccc(CN2C(=O)[C@@H](NC(=O)OC(C)(C)C)CSc3cc(F)c(/C(N)=N/O)cc32)cc1. The molecule has 9 nitrogen and oxygen atoms in total. The van der Waals surface area contributed by atoms with Crippen LogP contribution in [0.2, 0.25) is 0 Å². The number of anilines is 1. The van der Waals surface area contributed by atoms with Gasteiger partial charge in [-0.15, -0.1) is 11.8 Å². The Hall–Kier alpha value is -3.47. The number of fused-ring (bicyclic) bond motifs is 1. The van der Waals surface area contributed by atoms with E-state index in [-0.39, 0.29) is 24.0 Å². The fourth-order valence-electron chi connectivity index (χ4n) is 3.52. The second-order valence-corrected chi connectivity index (χ2v) is 10.6. The maximum absolute atomic E-state index is 14.7. The van der Waals surface area contributed by atoms with Crippen molar-refractivity contribution < 1.29 is 28.7 Å². The number of nitrogens with two attached hydrogens (primary N) is 1. The number of rotatable bonds is 6. The van der Waals surface area contributed by atoms with Crippen molar-refractivity contribution in [3.8, 4) is 5.75 Å². The number of halogens is 1. The molecule has 2 amide bonds. The van der Waals surface area contributed by atoms with Crippen molar-refractivity contribution >= 4 is 35.3 Å². The van der Waals surface area contributed by atoms with Crippen LogP contribution in [0.15, 0.2) is 46.4 Å². The van der Waals surface area contributed by atoms with Gasteiger partial charge in [-0.2, -0.15) is 0 Å². The molecular formula is C25H31FN4O5S. The van der Waals surface area contributed by atoms with Crippen molar-refractivity contribution in [1.29, 1.82) is 0 Å². The average Bonchev–Trinajstić information content (AvgIpc) is 2.89. The number of amidine groups is 1. The van der Waals surface area contributed by atoms with Crippen LogP contribution in [0.5, 0.6) is 5.75 Å². The zero-order chi connectivity index (χ0) is 26.6. The van der Waals surface area contributed by atoms with E-state index in [0.717, 1.165) is 5.56 Å². The summed E-state index contributed by atoms with van der Waals surface area (Å²) in [5, 5.41) is 14.6. The highest BCUT2D eigenvalue weighted by molar-refractivity contribution is 7.99. The second kappa shape index (κ2) is 11.1. The minimum atomic E-state index is -0.934. The molecule has 1 atom stereocenters. The molecule has 0 fully saturated rings. The molecule has 0 bridgehead atoms. The fraction of sp³-hybridized carbons (Fsp3) is 0.400. The molecule has 194 valence electrons. The third-order valence-electron chi connectivity index (χ3n) is 5.02. The van der Waals surface area contributed by atoms with Gasteiger partial charge < -0.3 is 30.6 Å². The normalized spacial score (nSPS) is 16.4. The van der Waals surface area contributed by atoms with E-state index < -0.39 is 35.3 Å². The monoisotopic (exact) mass is 518 g/mol. The van der Waals surface area contributed by atoms with Crippen molar-refractivity contribution in [3.05, 3.63) is 53.3 Å². The van der Waals surface area contributed by atoms with Crippen LogP contribution in [-0.4, -0.2) is 46.5 Å². The van der Waals surface area contributed by atoms with Gasteiger partial charge in [0.2, 0.25) is 0 Å². The van der Waals surface area contributed by atoms with E-state index in [1.807, 2.05) is 26.0 Å². The van der Waals surface area contributed by atoms with Crippen molar-refractivity contribution in [2.45, 2.75) is 63.8 Å². The number of ether oxygens (including phenoxy) is 2. The van der Waals surface area contributed by atoms with Crippen molar-refractivity contribution in [2.24, 2.45) is 10.9 Å². The smallest absolute Gasteiger partial charge is 0.408 e. The van der Waals surface area contributed by atoms with Gasteiger partial charge in [0.25, 0.3) is 5.91 Å². The van der Waals surface area contributed by atoms with E-state index in [1.54, 1.807) is 32.9 Å². The molecule has 0 radical (unpaired) electrons. The number of thioether (sulfide) groups is 1. The Bertz CT molecular complexity index is 1150. The Morgan fingerprint density at radius 2 is 1.97 bits per heavy atom. The van der Waals surface area contributed by atoms with Gasteiger partial charge in [-0.1, -0.05) is 17.3 Å². The van der Waals surface area contributed by atoms with E-state index in [1.165, 1.54) is 28.8 Å². The standard InChI is InChI=1S/C25H31FN4O5S/c1-14(2)34-16-8-6-15(7-9-16)12-30-20-10-17(22(27)29-33)18(26)11-21(20)36-13-19(23(30)31)28-24(32)35-25(3,4)5/h6-11,14,19,33H,12-13H2,1-5H3,(H2,27,29)(H,28,32)/t19-/m0/s1. The second-order valence-electron chi connectivity index (χ2n) is 9.53. The summed E-state index contributed by atoms with van der Waals surface area (Å²) in [4.78, 5) is 28.0. The van der Waals surface area contributed by atoms with Crippen molar-refractivity contribution in [1.82, 2.24) is 5.32 Å². The molecule has 3 rings (SSSR count). The predicted octanol–water partition coefficient (Wildman–Crippen LogP) is 4.24. The van der Waals surface area contributed by atoms with Gasteiger partial charge in [-0.05, 0) is 64.4 Å². The first-order valence-electron chi connectivity index (χ1n) is 11.4. The topological polar surface area (TPSA) is 126 Å². The molecule has 0 aliphatic carbocycles. The van der Waals surface area contributed by atoms with Gasteiger partial charge in [-0.25, -0.2) is 9.18 Å². The van der Waals surface area contributed by atoms with Crippen LogP contribution in [-0.2, 0) is 16.1 Å². The molecular weight excluding hydrogens is 487 g/mol. The summed E-state index contributed by atoms with van der Waals surface area (Å²) in [5.74, 6) is -0.682. The maximum atomic E-state index is 14.7. The van der Waals surface area contributed by atoms with Gasteiger partial charge in [0, 0.05) is 10.6 Å². The molecule has 0 unspecified atom stereocenters. The fourth-order valence-corrected chi connectivity index (χ4v) is 4.59. The van der Waals surface area contributed by atoms with E-state index >= 15 is 0 Å². The Morgan fingerprint density at radius 3 is 2.56 bits per heavy atom. The Balaban J connectivity index is 1.99. The molecule has 0 saturated heterocycles. The van der Waals surface area contributed by atoms with Gasteiger partial charge in [0.1, 0.15) is 23.2 Å². The first kappa shape index (κ1) is 27.1. The van der Waals surface area contributed by atoms with Crippen LogP contribution in [0.4, 0.5) is 14.9 Å². The van der Waals surface area contributed by atoms with Crippen LogP contribution in [0.1, 0.15) is 45.7 Å². The summed E-state index contributed by atoms with van der Waals surface area (Å²) >= 11 is 1.21. The largest absolute Gasteiger partial charge is 0.491 e. The number of benzene rings is 2. The number of carbonyl (C=O) groups excluding carboxylic acids is 2. The molecule has 0 saturated carbocycles. The van der Waals surface area contributed by atoms with E-state index in [9.17, 15) is 14.0 Å². The lowest BCUT2D eigenvalue weighted by molar-refractivity contribution is -0.120. The van der Waals surface area contributed by atoms with Crippen molar-refractivity contribution in [2.75, 3.05) is 10.7 Å². The predicted molar refractivity (Wildman–Crippen MR) is 136 cm³/mol. The summed E-state index contributed by atoms with van der Waals surface area (Å²) in [6.07, 6.45) is -0.718. The van der Waals surface area contributed by atoms with Crippen LogP contribution in [0.25, 0.3) is 0 Å². The van der Waals surface area contributed by atoms with E-state index in [0.29, 0.717) is 16.3 Å². The highest BCUT2D eigenvalue weighted by Gasteiger charge is 2.34. The lowest BCUT2D eigenvalue weighted by atomic mass is 10.1. The lowest BCUT2D eigenvalue weighted by Crippen LogP contribution is -2.50. The third-order valence-corrected chi connectivity index (χ3v) is 6.16. The lowest BCUT2D eigenvalue weighted by Gasteiger charge is -2.27.